The van der Waals surface area contributed by atoms with Crippen molar-refractivity contribution in [3.8, 4) is 11.3 Å². The topological polar surface area (TPSA) is 73.3 Å². The highest BCUT2D eigenvalue weighted by Crippen LogP contribution is 2.31. The SMILES string of the molecule is O=c1c([N+](=O)[O-])c(-c2ccc(Cl)cc2)oc2ccc(Cl)cc12. The summed E-state index contributed by atoms with van der Waals surface area (Å²) in [6.07, 6.45) is 0. The van der Waals surface area contributed by atoms with E-state index in [2.05, 4.69) is 0 Å². The van der Waals surface area contributed by atoms with Crippen LogP contribution in [0.4, 0.5) is 5.69 Å². The first-order valence-corrected chi connectivity index (χ1v) is 6.89. The van der Waals surface area contributed by atoms with Crippen molar-refractivity contribution < 1.29 is 9.34 Å². The first-order chi connectivity index (χ1) is 10.5. The molecule has 1 heterocycles. The molecule has 1 aromatic heterocycles. The quantitative estimate of drug-likeness (QED) is 0.503. The Kier molecular flexibility index (Phi) is 3.60. The lowest BCUT2D eigenvalue weighted by Gasteiger charge is -2.05. The van der Waals surface area contributed by atoms with Crippen LogP contribution >= 0.6 is 23.2 Å². The Morgan fingerprint density at radius 1 is 1.00 bits per heavy atom. The molecule has 0 N–H and O–H groups in total. The number of nitro groups is 1. The van der Waals surface area contributed by atoms with Crippen LogP contribution in [0, 0.1) is 10.1 Å². The van der Waals surface area contributed by atoms with Gasteiger partial charge in [-0.25, -0.2) is 0 Å². The molecule has 0 aliphatic carbocycles. The highest BCUT2D eigenvalue weighted by atomic mass is 35.5. The van der Waals surface area contributed by atoms with Crippen LogP contribution in [0.15, 0.2) is 51.7 Å². The summed E-state index contributed by atoms with van der Waals surface area (Å²) in [5.41, 5.74) is -0.745. The molecule has 0 aliphatic heterocycles. The third-order valence-corrected chi connectivity index (χ3v) is 3.60. The zero-order valence-corrected chi connectivity index (χ0v) is 12.4. The van der Waals surface area contributed by atoms with E-state index in [4.69, 9.17) is 27.6 Å². The monoisotopic (exact) mass is 335 g/mol. The van der Waals surface area contributed by atoms with E-state index in [1.54, 1.807) is 30.3 Å². The van der Waals surface area contributed by atoms with Crippen molar-refractivity contribution in [2.24, 2.45) is 0 Å². The fourth-order valence-electron chi connectivity index (χ4n) is 2.12. The minimum Gasteiger partial charge on any atom is -0.449 e. The number of benzene rings is 2. The van der Waals surface area contributed by atoms with Gasteiger partial charge in [-0.3, -0.25) is 14.9 Å². The van der Waals surface area contributed by atoms with Crippen LogP contribution in [0.2, 0.25) is 10.0 Å². The van der Waals surface area contributed by atoms with Crippen LogP contribution in [0.1, 0.15) is 0 Å². The van der Waals surface area contributed by atoms with Gasteiger partial charge >= 0.3 is 5.69 Å². The minimum absolute atomic E-state index is 0.0666. The molecule has 0 saturated heterocycles. The van der Waals surface area contributed by atoms with Gasteiger partial charge in [0.2, 0.25) is 5.76 Å². The van der Waals surface area contributed by atoms with E-state index in [1.807, 2.05) is 0 Å². The predicted molar refractivity (Wildman–Crippen MR) is 84.6 cm³/mol. The Bertz CT molecular complexity index is 948. The Labute approximate surface area is 133 Å². The molecule has 0 saturated carbocycles. The third kappa shape index (κ3) is 2.45. The van der Waals surface area contributed by atoms with Crippen LogP contribution < -0.4 is 5.43 Å². The molecule has 3 aromatic rings. The summed E-state index contributed by atoms with van der Waals surface area (Å²) < 4.78 is 5.57. The van der Waals surface area contributed by atoms with Crippen molar-refractivity contribution in [3.05, 3.63) is 72.8 Å². The molecule has 0 spiro atoms. The van der Waals surface area contributed by atoms with E-state index in [0.29, 0.717) is 15.6 Å². The zero-order valence-electron chi connectivity index (χ0n) is 10.9. The maximum atomic E-state index is 12.4. The van der Waals surface area contributed by atoms with Crippen molar-refractivity contribution in [3.63, 3.8) is 0 Å². The molecule has 0 atom stereocenters. The lowest BCUT2D eigenvalue weighted by Crippen LogP contribution is -2.10. The van der Waals surface area contributed by atoms with Gasteiger partial charge in [0.25, 0.3) is 5.43 Å². The highest BCUT2D eigenvalue weighted by Gasteiger charge is 2.25. The molecule has 7 heteroatoms. The van der Waals surface area contributed by atoms with Crippen LogP contribution in [0.3, 0.4) is 0 Å². The molecule has 0 bridgehead atoms. The van der Waals surface area contributed by atoms with Crippen molar-refractivity contribution in [2.45, 2.75) is 0 Å². The van der Waals surface area contributed by atoms with Crippen LogP contribution in [0.25, 0.3) is 22.3 Å². The first kappa shape index (κ1) is 14.6. The van der Waals surface area contributed by atoms with Crippen molar-refractivity contribution in [2.75, 3.05) is 0 Å². The first-order valence-electron chi connectivity index (χ1n) is 6.14. The second-order valence-corrected chi connectivity index (χ2v) is 5.39. The molecule has 0 unspecified atom stereocenters. The van der Waals surface area contributed by atoms with Gasteiger partial charge < -0.3 is 4.42 Å². The van der Waals surface area contributed by atoms with Gasteiger partial charge in [-0.2, -0.15) is 0 Å². The average molecular weight is 336 g/mol. The number of hydrogen-bond donors (Lipinski definition) is 0. The molecule has 0 amide bonds. The molecule has 22 heavy (non-hydrogen) atoms. The Morgan fingerprint density at radius 2 is 1.64 bits per heavy atom. The van der Waals surface area contributed by atoms with Gasteiger partial charge in [-0.15, -0.1) is 0 Å². The summed E-state index contributed by atoms with van der Waals surface area (Å²) in [5, 5.41) is 12.1. The van der Waals surface area contributed by atoms with Crippen LogP contribution in [-0.2, 0) is 0 Å². The molecule has 0 radical (unpaired) electrons. The fraction of sp³-hybridized carbons (Fsp3) is 0. The van der Waals surface area contributed by atoms with Crippen molar-refractivity contribution in [1.29, 1.82) is 0 Å². The third-order valence-electron chi connectivity index (χ3n) is 3.12. The van der Waals surface area contributed by atoms with E-state index >= 15 is 0 Å². The lowest BCUT2D eigenvalue weighted by atomic mass is 10.1. The molecular formula is C15H7Cl2NO4. The van der Waals surface area contributed by atoms with Gasteiger partial charge in [0, 0.05) is 15.6 Å². The summed E-state index contributed by atoms with van der Waals surface area (Å²) in [7, 11) is 0. The molecule has 0 fully saturated rings. The smallest absolute Gasteiger partial charge is 0.359 e. The van der Waals surface area contributed by atoms with Crippen LogP contribution in [-0.4, -0.2) is 4.92 Å². The van der Waals surface area contributed by atoms with Gasteiger partial charge in [0.1, 0.15) is 5.58 Å². The van der Waals surface area contributed by atoms with E-state index in [1.165, 1.54) is 12.1 Å². The lowest BCUT2D eigenvalue weighted by molar-refractivity contribution is -0.386. The largest absolute Gasteiger partial charge is 0.449 e. The molecule has 2 aromatic carbocycles. The minimum atomic E-state index is -0.754. The predicted octanol–water partition coefficient (Wildman–Crippen LogP) is 4.68. The maximum absolute atomic E-state index is 12.4. The molecule has 3 rings (SSSR count). The summed E-state index contributed by atoms with van der Waals surface area (Å²) in [6, 6.07) is 10.6. The van der Waals surface area contributed by atoms with Gasteiger partial charge in [0.15, 0.2) is 0 Å². The number of hydrogen-bond acceptors (Lipinski definition) is 4. The summed E-state index contributed by atoms with van der Waals surface area (Å²) in [4.78, 5) is 22.9. The Balaban J connectivity index is 2.41. The normalized spacial score (nSPS) is 10.8. The summed E-state index contributed by atoms with van der Waals surface area (Å²) in [6.45, 7) is 0. The van der Waals surface area contributed by atoms with Crippen LogP contribution in [0.5, 0.6) is 0 Å². The van der Waals surface area contributed by atoms with Crippen molar-refractivity contribution in [1.82, 2.24) is 0 Å². The number of fused-ring (bicyclic) bond motifs is 1. The van der Waals surface area contributed by atoms with E-state index in [-0.39, 0.29) is 16.7 Å². The molecule has 0 aliphatic rings. The molecular weight excluding hydrogens is 329 g/mol. The standard InChI is InChI=1S/C15H7Cl2NO4/c16-9-3-1-8(2-4-9)15-13(18(20)21)14(19)11-7-10(17)5-6-12(11)22-15/h1-7H. The number of rotatable bonds is 2. The Hall–Kier alpha value is -2.37. The van der Waals surface area contributed by atoms with Gasteiger partial charge in [-0.1, -0.05) is 23.2 Å². The maximum Gasteiger partial charge on any atom is 0.359 e. The highest BCUT2D eigenvalue weighted by molar-refractivity contribution is 6.31. The molecule has 110 valence electrons. The summed E-state index contributed by atoms with van der Waals surface area (Å²) in [5.74, 6) is -0.110. The Morgan fingerprint density at radius 3 is 2.27 bits per heavy atom. The second-order valence-electron chi connectivity index (χ2n) is 4.51. The molecule has 5 nitrogen and oxygen atoms in total. The second kappa shape index (κ2) is 5.44. The van der Waals surface area contributed by atoms with E-state index < -0.39 is 16.0 Å². The number of nitrogens with zero attached hydrogens (tertiary/aromatic N) is 1. The summed E-state index contributed by atoms with van der Waals surface area (Å²) >= 11 is 11.6. The van der Waals surface area contributed by atoms with Gasteiger partial charge in [-0.05, 0) is 42.5 Å². The van der Waals surface area contributed by atoms with Crippen molar-refractivity contribution >= 4 is 39.9 Å². The fourth-order valence-corrected chi connectivity index (χ4v) is 2.42. The average Bonchev–Trinajstić information content (AvgIpc) is 2.48. The van der Waals surface area contributed by atoms with Gasteiger partial charge in [0.05, 0.1) is 10.3 Å². The van der Waals surface area contributed by atoms with E-state index in [9.17, 15) is 14.9 Å². The number of halogens is 2. The zero-order chi connectivity index (χ0) is 15.9. The van der Waals surface area contributed by atoms with E-state index in [0.717, 1.165) is 0 Å².